The molecule has 0 fully saturated rings. The molecule has 0 heterocycles. The van der Waals surface area contributed by atoms with E-state index in [4.69, 9.17) is 5.73 Å². The van der Waals surface area contributed by atoms with E-state index in [2.05, 4.69) is 0 Å². The van der Waals surface area contributed by atoms with Gasteiger partial charge in [-0.1, -0.05) is 6.92 Å². The number of benzene rings is 1. The van der Waals surface area contributed by atoms with Crippen LogP contribution in [0.5, 0.6) is 0 Å². The SMILES string of the molecule is CC(CCCN)C(=O)N(C)C(C)c1cc(F)ccc1F. The minimum absolute atomic E-state index is 0.0883. The lowest BCUT2D eigenvalue weighted by atomic mass is 10.0. The van der Waals surface area contributed by atoms with E-state index in [1.807, 2.05) is 6.92 Å². The summed E-state index contributed by atoms with van der Waals surface area (Å²) in [4.78, 5) is 13.7. The summed E-state index contributed by atoms with van der Waals surface area (Å²) < 4.78 is 26.9. The van der Waals surface area contributed by atoms with Crippen LogP contribution in [0, 0.1) is 17.6 Å². The first-order valence-corrected chi connectivity index (χ1v) is 6.80. The normalized spacial score (nSPS) is 13.9. The van der Waals surface area contributed by atoms with Crippen molar-refractivity contribution in [3.05, 3.63) is 35.4 Å². The molecule has 0 aliphatic heterocycles. The van der Waals surface area contributed by atoms with Crippen LogP contribution >= 0.6 is 0 Å². The summed E-state index contributed by atoms with van der Waals surface area (Å²) in [7, 11) is 1.61. The predicted octanol–water partition coefficient (Wildman–Crippen LogP) is 2.86. The summed E-state index contributed by atoms with van der Waals surface area (Å²) in [6.45, 7) is 4.05. The monoisotopic (exact) mass is 284 g/mol. The first kappa shape index (κ1) is 16.6. The molecule has 0 aliphatic carbocycles. The van der Waals surface area contributed by atoms with Crippen LogP contribution in [0.15, 0.2) is 18.2 Å². The number of hydrogen-bond donors (Lipinski definition) is 1. The highest BCUT2D eigenvalue weighted by molar-refractivity contribution is 5.78. The molecular weight excluding hydrogens is 262 g/mol. The maximum Gasteiger partial charge on any atom is 0.225 e. The van der Waals surface area contributed by atoms with Gasteiger partial charge in [0.2, 0.25) is 5.91 Å². The van der Waals surface area contributed by atoms with Gasteiger partial charge in [-0.15, -0.1) is 0 Å². The molecule has 0 aromatic heterocycles. The number of hydrogen-bond acceptors (Lipinski definition) is 2. The van der Waals surface area contributed by atoms with Crippen molar-refractivity contribution >= 4 is 5.91 Å². The Morgan fingerprint density at radius 3 is 2.60 bits per heavy atom. The topological polar surface area (TPSA) is 46.3 Å². The highest BCUT2D eigenvalue weighted by Crippen LogP contribution is 2.24. The van der Waals surface area contributed by atoms with Crippen LogP contribution in [0.4, 0.5) is 8.78 Å². The van der Waals surface area contributed by atoms with Crippen LogP contribution in [-0.4, -0.2) is 24.4 Å². The van der Waals surface area contributed by atoms with Crippen LogP contribution in [-0.2, 0) is 4.79 Å². The van der Waals surface area contributed by atoms with Crippen molar-refractivity contribution in [1.82, 2.24) is 4.90 Å². The number of carbonyl (C=O) groups excluding carboxylic acids is 1. The molecule has 2 atom stereocenters. The minimum Gasteiger partial charge on any atom is -0.339 e. The molecule has 3 nitrogen and oxygen atoms in total. The Bertz CT molecular complexity index is 465. The Morgan fingerprint density at radius 1 is 1.35 bits per heavy atom. The lowest BCUT2D eigenvalue weighted by Crippen LogP contribution is -2.34. The molecule has 1 aromatic rings. The third-order valence-corrected chi connectivity index (χ3v) is 3.60. The fraction of sp³-hybridized carbons (Fsp3) is 0.533. The van der Waals surface area contributed by atoms with Gasteiger partial charge in [-0.3, -0.25) is 4.79 Å². The Morgan fingerprint density at radius 2 is 2.00 bits per heavy atom. The Hall–Kier alpha value is -1.49. The highest BCUT2D eigenvalue weighted by Gasteiger charge is 2.24. The molecule has 2 unspecified atom stereocenters. The largest absolute Gasteiger partial charge is 0.339 e. The van der Waals surface area contributed by atoms with Gasteiger partial charge in [0, 0.05) is 18.5 Å². The fourth-order valence-corrected chi connectivity index (χ4v) is 2.13. The van der Waals surface area contributed by atoms with Gasteiger partial charge in [-0.2, -0.15) is 0 Å². The van der Waals surface area contributed by atoms with Gasteiger partial charge < -0.3 is 10.6 Å². The number of halogens is 2. The predicted molar refractivity (Wildman–Crippen MR) is 75.0 cm³/mol. The van der Waals surface area contributed by atoms with Crippen LogP contribution < -0.4 is 5.73 Å². The second-order valence-electron chi connectivity index (χ2n) is 5.12. The van der Waals surface area contributed by atoms with Crippen LogP contribution in [0.25, 0.3) is 0 Å². The fourth-order valence-electron chi connectivity index (χ4n) is 2.13. The second-order valence-corrected chi connectivity index (χ2v) is 5.12. The van der Waals surface area contributed by atoms with Crippen LogP contribution in [0.2, 0.25) is 0 Å². The van der Waals surface area contributed by atoms with Crippen molar-refractivity contribution in [3.63, 3.8) is 0 Å². The second kappa shape index (κ2) is 7.33. The minimum atomic E-state index is -0.515. The Labute approximate surface area is 118 Å². The van der Waals surface area contributed by atoms with E-state index in [-0.39, 0.29) is 17.4 Å². The highest BCUT2D eigenvalue weighted by atomic mass is 19.1. The first-order valence-electron chi connectivity index (χ1n) is 6.80. The third kappa shape index (κ3) is 4.00. The lowest BCUT2D eigenvalue weighted by Gasteiger charge is -2.28. The summed E-state index contributed by atoms with van der Waals surface area (Å²) in [5.41, 5.74) is 5.61. The Balaban J connectivity index is 2.82. The van der Waals surface area contributed by atoms with Crippen molar-refractivity contribution in [2.45, 2.75) is 32.7 Å². The molecule has 0 spiro atoms. The van der Waals surface area contributed by atoms with E-state index < -0.39 is 17.7 Å². The number of carbonyl (C=O) groups is 1. The van der Waals surface area contributed by atoms with Crippen LogP contribution in [0.3, 0.4) is 0 Å². The average Bonchev–Trinajstić information content (AvgIpc) is 2.44. The van der Waals surface area contributed by atoms with Gasteiger partial charge in [0.1, 0.15) is 11.6 Å². The lowest BCUT2D eigenvalue weighted by molar-refractivity contribution is -0.135. The molecule has 0 aliphatic rings. The smallest absolute Gasteiger partial charge is 0.225 e. The van der Waals surface area contributed by atoms with Gasteiger partial charge >= 0.3 is 0 Å². The van der Waals surface area contributed by atoms with Crippen molar-refractivity contribution in [2.24, 2.45) is 11.7 Å². The van der Waals surface area contributed by atoms with Crippen LogP contribution in [0.1, 0.15) is 38.3 Å². The van der Waals surface area contributed by atoms with Crippen molar-refractivity contribution in [1.29, 1.82) is 0 Å². The molecule has 5 heteroatoms. The summed E-state index contributed by atoms with van der Waals surface area (Å²) >= 11 is 0. The van der Waals surface area contributed by atoms with Crippen molar-refractivity contribution < 1.29 is 13.6 Å². The molecular formula is C15H22F2N2O. The summed E-state index contributed by atoms with van der Waals surface area (Å²) in [5.74, 6) is -1.28. The third-order valence-electron chi connectivity index (χ3n) is 3.60. The summed E-state index contributed by atoms with van der Waals surface area (Å²) in [5, 5.41) is 0. The van der Waals surface area contributed by atoms with Gasteiger partial charge in [0.25, 0.3) is 0 Å². The van der Waals surface area contributed by atoms with Gasteiger partial charge in [-0.05, 0) is 44.5 Å². The molecule has 1 amide bonds. The number of nitrogens with two attached hydrogens (primary N) is 1. The van der Waals surface area contributed by atoms with Gasteiger partial charge in [0.05, 0.1) is 6.04 Å². The van der Waals surface area contributed by atoms with Crippen molar-refractivity contribution in [3.8, 4) is 0 Å². The maximum atomic E-state index is 13.7. The molecule has 1 rings (SSSR count). The molecule has 0 radical (unpaired) electrons. The van der Waals surface area contributed by atoms with Gasteiger partial charge in [0.15, 0.2) is 0 Å². The molecule has 2 N–H and O–H groups in total. The molecule has 0 saturated carbocycles. The zero-order chi connectivity index (χ0) is 15.3. The van der Waals surface area contributed by atoms with E-state index >= 15 is 0 Å². The van der Waals surface area contributed by atoms with Gasteiger partial charge in [-0.25, -0.2) is 8.78 Å². The summed E-state index contributed by atoms with van der Waals surface area (Å²) in [6.07, 6.45) is 1.46. The molecule has 1 aromatic carbocycles. The number of rotatable bonds is 6. The summed E-state index contributed by atoms with van der Waals surface area (Å²) in [6, 6.07) is 2.77. The Kier molecular flexibility index (Phi) is 6.07. The van der Waals surface area contributed by atoms with E-state index in [0.717, 1.165) is 24.6 Å². The molecule has 0 saturated heterocycles. The number of amides is 1. The first-order chi connectivity index (χ1) is 9.38. The van der Waals surface area contributed by atoms with E-state index in [1.54, 1.807) is 14.0 Å². The molecule has 112 valence electrons. The maximum absolute atomic E-state index is 13.7. The number of nitrogens with zero attached hydrogens (tertiary/aromatic N) is 1. The van der Waals surface area contributed by atoms with Crippen molar-refractivity contribution in [2.75, 3.05) is 13.6 Å². The zero-order valence-electron chi connectivity index (χ0n) is 12.2. The molecule has 20 heavy (non-hydrogen) atoms. The standard InChI is InChI=1S/C15H22F2N2O/c1-10(5-4-8-18)15(20)19(3)11(2)13-9-12(16)6-7-14(13)17/h6-7,9-11H,4-5,8,18H2,1-3H3. The van der Waals surface area contributed by atoms with E-state index in [1.165, 1.54) is 4.90 Å². The quantitative estimate of drug-likeness (QED) is 0.873. The average molecular weight is 284 g/mol. The molecule has 0 bridgehead atoms. The van der Waals surface area contributed by atoms with E-state index in [0.29, 0.717) is 13.0 Å². The zero-order valence-corrected chi connectivity index (χ0v) is 12.2. The van der Waals surface area contributed by atoms with E-state index in [9.17, 15) is 13.6 Å².